The van der Waals surface area contributed by atoms with Crippen molar-refractivity contribution < 1.29 is 14.3 Å². The highest BCUT2D eigenvalue weighted by atomic mass is 35.5. The van der Waals surface area contributed by atoms with Crippen LogP contribution in [0.5, 0.6) is 11.5 Å². The van der Waals surface area contributed by atoms with Crippen LogP contribution in [0.2, 0.25) is 5.02 Å². The Morgan fingerprint density at radius 3 is 2.52 bits per heavy atom. The van der Waals surface area contributed by atoms with Crippen LogP contribution in [0, 0.1) is 6.92 Å². The van der Waals surface area contributed by atoms with Gasteiger partial charge < -0.3 is 14.8 Å². The zero-order chi connectivity index (χ0) is 15.6. The molecule has 0 aliphatic rings. The summed E-state index contributed by atoms with van der Waals surface area (Å²) in [5, 5.41) is 7.25. The molecule has 0 aliphatic heterocycles. The highest BCUT2D eigenvalue weighted by Gasteiger charge is 2.16. The SMILES string of the molecule is COc1cc(C(=O)Nc2cc(C)nn2C)cc(Cl)c1OC. The molecule has 1 amide bonds. The molecule has 0 aliphatic carbocycles. The molecule has 1 N–H and O–H groups in total. The Bertz CT molecular complexity index is 682. The summed E-state index contributed by atoms with van der Waals surface area (Å²) in [6.45, 7) is 1.85. The van der Waals surface area contributed by atoms with E-state index in [9.17, 15) is 4.79 Å². The lowest BCUT2D eigenvalue weighted by molar-refractivity contribution is 0.102. The first-order valence-electron chi connectivity index (χ1n) is 6.19. The fourth-order valence-electron chi connectivity index (χ4n) is 1.97. The maximum absolute atomic E-state index is 12.3. The lowest BCUT2D eigenvalue weighted by atomic mass is 10.2. The molecule has 6 nitrogen and oxygen atoms in total. The van der Waals surface area contributed by atoms with Crippen molar-refractivity contribution in [3.63, 3.8) is 0 Å². The van der Waals surface area contributed by atoms with E-state index >= 15 is 0 Å². The molecule has 0 saturated carbocycles. The van der Waals surface area contributed by atoms with E-state index in [2.05, 4.69) is 10.4 Å². The second-order valence-corrected chi connectivity index (χ2v) is 4.85. The number of nitrogens with one attached hydrogen (secondary N) is 1. The number of aromatic nitrogens is 2. The predicted octanol–water partition coefficient (Wildman–Crippen LogP) is 2.65. The average Bonchev–Trinajstić information content (AvgIpc) is 2.75. The topological polar surface area (TPSA) is 65.4 Å². The van der Waals surface area contributed by atoms with Gasteiger partial charge in [0.05, 0.1) is 24.9 Å². The number of carbonyl (C=O) groups is 1. The van der Waals surface area contributed by atoms with Crippen LogP contribution >= 0.6 is 11.6 Å². The number of methoxy groups -OCH3 is 2. The monoisotopic (exact) mass is 309 g/mol. The fraction of sp³-hybridized carbons (Fsp3) is 0.286. The summed E-state index contributed by atoms with van der Waals surface area (Å²) in [6.07, 6.45) is 0. The van der Waals surface area contributed by atoms with Crippen LogP contribution in [0.4, 0.5) is 5.82 Å². The van der Waals surface area contributed by atoms with Crippen molar-refractivity contribution in [2.45, 2.75) is 6.92 Å². The van der Waals surface area contributed by atoms with Gasteiger partial charge in [0.2, 0.25) is 0 Å². The number of amides is 1. The third-order valence-corrected chi connectivity index (χ3v) is 3.22. The molecule has 1 heterocycles. The van der Waals surface area contributed by atoms with Crippen LogP contribution in [0.25, 0.3) is 0 Å². The van der Waals surface area contributed by atoms with Gasteiger partial charge in [0.1, 0.15) is 5.82 Å². The van der Waals surface area contributed by atoms with Crippen LogP contribution in [0.1, 0.15) is 16.1 Å². The third-order valence-electron chi connectivity index (χ3n) is 2.94. The van der Waals surface area contributed by atoms with E-state index in [4.69, 9.17) is 21.1 Å². The van der Waals surface area contributed by atoms with Crippen molar-refractivity contribution in [1.82, 2.24) is 9.78 Å². The summed E-state index contributed by atoms with van der Waals surface area (Å²) in [4.78, 5) is 12.3. The van der Waals surface area contributed by atoms with Crippen LogP contribution < -0.4 is 14.8 Å². The van der Waals surface area contributed by atoms with Crippen LogP contribution in [-0.4, -0.2) is 29.9 Å². The molecule has 0 radical (unpaired) electrons. The first-order chi connectivity index (χ1) is 9.96. The Balaban J connectivity index is 2.31. The number of ether oxygens (including phenoxy) is 2. The van der Waals surface area contributed by atoms with Crippen molar-refractivity contribution in [2.75, 3.05) is 19.5 Å². The Morgan fingerprint density at radius 2 is 2.00 bits per heavy atom. The second-order valence-electron chi connectivity index (χ2n) is 4.44. The molecule has 1 aromatic heterocycles. The van der Waals surface area contributed by atoms with Gasteiger partial charge in [-0.2, -0.15) is 5.10 Å². The van der Waals surface area contributed by atoms with Gasteiger partial charge in [-0.05, 0) is 19.1 Å². The van der Waals surface area contributed by atoms with E-state index < -0.39 is 0 Å². The lowest BCUT2D eigenvalue weighted by Gasteiger charge is -2.12. The van der Waals surface area contributed by atoms with Crippen molar-refractivity contribution in [3.8, 4) is 11.5 Å². The number of rotatable bonds is 4. The zero-order valence-corrected chi connectivity index (χ0v) is 13.0. The summed E-state index contributed by atoms with van der Waals surface area (Å²) in [6, 6.07) is 4.88. The van der Waals surface area contributed by atoms with E-state index in [1.807, 2.05) is 6.92 Å². The van der Waals surface area contributed by atoms with E-state index in [-0.39, 0.29) is 5.91 Å². The molecule has 0 unspecified atom stereocenters. The van der Waals surface area contributed by atoms with E-state index in [1.165, 1.54) is 20.3 Å². The number of benzene rings is 1. The molecule has 0 saturated heterocycles. The summed E-state index contributed by atoms with van der Waals surface area (Å²) in [5.74, 6) is 1.09. The third kappa shape index (κ3) is 3.11. The van der Waals surface area contributed by atoms with Gasteiger partial charge >= 0.3 is 0 Å². The summed E-state index contributed by atoms with van der Waals surface area (Å²) in [5.41, 5.74) is 1.19. The predicted molar refractivity (Wildman–Crippen MR) is 80.5 cm³/mol. The van der Waals surface area contributed by atoms with Gasteiger partial charge in [0, 0.05) is 18.7 Å². The lowest BCUT2D eigenvalue weighted by Crippen LogP contribution is -2.14. The number of hydrogen-bond acceptors (Lipinski definition) is 4. The van der Waals surface area contributed by atoms with Crippen LogP contribution in [0.15, 0.2) is 18.2 Å². The maximum Gasteiger partial charge on any atom is 0.257 e. The highest BCUT2D eigenvalue weighted by molar-refractivity contribution is 6.32. The van der Waals surface area contributed by atoms with Gasteiger partial charge in [0.25, 0.3) is 5.91 Å². The van der Waals surface area contributed by atoms with Crippen molar-refractivity contribution in [1.29, 1.82) is 0 Å². The summed E-state index contributed by atoms with van der Waals surface area (Å²) >= 11 is 6.09. The quantitative estimate of drug-likeness (QED) is 0.943. The minimum atomic E-state index is -0.305. The van der Waals surface area contributed by atoms with Crippen molar-refractivity contribution >= 4 is 23.3 Å². The second kappa shape index (κ2) is 6.05. The minimum Gasteiger partial charge on any atom is -0.493 e. The zero-order valence-electron chi connectivity index (χ0n) is 12.2. The average molecular weight is 310 g/mol. The molecule has 112 valence electrons. The van der Waals surface area contributed by atoms with E-state index in [0.29, 0.717) is 27.9 Å². The normalized spacial score (nSPS) is 10.3. The number of aryl methyl sites for hydroxylation is 2. The Kier molecular flexibility index (Phi) is 4.37. The number of anilines is 1. The highest BCUT2D eigenvalue weighted by Crippen LogP contribution is 2.36. The standard InChI is InChI=1S/C14H16ClN3O3/c1-8-5-12(18(2)17-8)16-14(19)9-6-10(15)13(21-4)11(7-9)20-3/h5-7H,1-4H3,(H,16,19). The first kappa shape index (κ1) is 15.2. The maximum atomic E-state index is 12.3. The molecule has 0 atom stereocenters. The summed E-state index contributed by atoms with van der Waals surface area (Å²) < 4.78 is 11.9. The van der Waals surface area contributed by atoms with Crippen LogP contribution in [0.3, 0.4) is 0 Å². The smallest absolute Gasteiger partial charge is 0.257 e. The number of halogens is 1. The molecular formula is C14H16ClN3O3. The molecule has 0 spiro atoms. The Morgan fingerprint density at radius 1 is 1.29 bits per heavy atom. The molecule has 0 fully saturated rings. The molecule has 21 heavy (non-hydrogen) atoms. The Hall–Kier alpha value is -2.21. The van der Waals surface area contributed by atoms with Gasteiger partial charge in [-0.3, -0.25) is 9.48 Å². The summed E-state index contributed by atoms with van der Waals surface area (Å²) in [7, 11) is 4.73. The molecule has 7 heteroatoms. The van der Waals surface area contributed by atoms with Gasteiger partial charge in [0.15, 0.2) is 11.5 Å². The molecule has 1 aromatic carbocycles. The van der Waals surface area contributed by atoms with Crippen molar-refractivity contribution in [2.24, 2.45) is 7.05 Å². The number of hydrogen-bond donors (Lipinski definition) is 1. The van der Waals surface area contributed by atoms with Gasteiger partial charge in [-0.1, -0.05) is 11.6 Å². The first-order valence-corrected chi connectivity index (χ1v) is 6.57. The fourth-order valence-corrected chi connectivity index (χ4v) is 2.25. The minimum absolute atomic E-state index is 0.305. The van der Waals surface area contributed by atoms with Gasteiger partial charge in [-0.15, -0.1) is 0 Å². The van der Waals surface area contributed by atoms with E-state index in [1.54, 1.807) is 23.9 Å². The van der Waals surface area contributed by atoms with Gasteiger partial charge in [-0.25, -0.2) is 0 Å². The largest absolute Gasteiger partial charge is 0.493 e. The Labute approximate surface area is 127 Å². The molecule has 0 bridgehead atoms. The molecule has 2 rings (SSSR count). The molecule has 2 aromatic rings. The number of nitrogens with zero attached hydrogens (tertiary/aromatic N) is 2. The van der Waals surface area contributed by atoms with E-state index in [0.717, 1.165) is 5.69 Å². The van der Waals surface area contributed by atoms with Crippen molar-refractivity contribution in [3.05, 3.63) is 34.5 Å². The molecular weight excluding hydrogens is 294 g/mol. The number of carbonyl (C=O) groups excluding carboxylic acids is 1. The van der Waals surface area contributed by atoms with Crippen LogP contribution in [-0.2, 0) is 7.05 Å².